The first-order valence-electron chi connectivity index (χ1n) is 7.55. The number of carbonyl (C=O) groups is 2. The highest BCUT2D eigenvalue weighted by Gasteiger charge is 2.16. The van der Waals surface area contributed by atoms with Crippen molar-refractivity contribution in [3.05, 3.63) is 29.8 Å². The predicted molar refractivity (Wildman–Crippen MR) is 83.2 cm³/mol. The van der Waals surface area contributed by atoms with Crippen molar-refractivity contribution in [2.45, 2.75) is 44.6 Å². The monoisotopic (exact) mass is 289 g/mol. The first kappa shape index (κ1) is 15.4. The van der Waals surface area contributed by atoms with Crippen molar-refractivity contribution in [1.82, 2.24) is 10.6 Å². The summed E-state index contributed by atoms with van der Waals surface area (Å²) < 4.78 is 0. The highest BCUT2D eigenvalue weighted by molar-refractivity contribution is 5.91. The summed E-state index contributed by atoms with van der Waals surface area (Å²) in [7, 11) is 1.61. The van der Waals surface area contributed by atoms with Gasteiger partial charge in [0.05, 0.1) is 6.42 Å². The van der Waals surface area contributed by atoms with E-state index in [1.54, 1.807) is 7.05 Å². The number of nitrogens with one attached hydrogen (secondary N) is 3. The van der Waals surface area contributed by atoms with Gasteiger partial charge in [0.1, 0.15) is 0 Å². The Bertz CT molecular complexity index is 496. The van der Waals surface area contributed by atoms with E-state index in [0.29, 0.717) is 5.69 Å². The quantitative estimate of drug-likeness (QED) is 0.796. The highest BCUT2D eigenvalue weighted by Crippen LogP contribution is 2.18. The van der Waals surface area contributed by atoms with E-state index in [1.165, 1.54) is 19.3 Å². The van der Waals surface area contributed by atoms with Crippen LogP contribution in [0.5, 0.6) is 0 Å². The number of carbonyl (C=O) groups excluding carboxylic acids is 2. The van der Waals surface area contributed by atoms with Crippen LogP contribution in [0, 0.1) is 0 Å². The van der Waals surface area contributed by atoms with Crippen LogP contribution in [0.2, 0.25) is 0 Å². The summed E-state index contributed by atoms with van der Waals surface area (Å²) in [4.78, 5) is 23.6. The Morgan fingerprint density at radius 2 is 1.86 bits per heavy atom. The standard InChI is InChI=1S/C16H23N3O2/c1-17-15(20)11-12-7-5-6-10-14(12)19-16(21)18-13-8-3-2-4-9-13/h5-7,10,13H,2-4,8-9,11H2,1H3,(H,17,20)(H2,18,19,21). The maximum atomic E-state index is 12.1. The fraction of sp³-hybridized carbons (Fsp3) is 0.500. The van der Waals surface area contributed by atoms with E-state index in [9.17, 15) is 9.59 Å². The van der Waals surface area contributed by atoms with Gasteiger partial charge >= 0.3 is 6.03 Å². The average Bonchev–Trinajstić information content (AvgIpc) is 2.50. The molecule has 21 heavy (non-hydrogen) atoms. The van der Waals surface area contributed by atoms with Crippen molar-refractivity contribution in [1.29, 1.82) is 0 Å². The Morgan fingerprint density at radius 3 is 2.57 bits per heavy atom. The molecular formula is C16H23N3O2. The van der Waals surface area contributed by atoms with Gasteiger partial charge in [-0.2, -0.15) is 0 Å². The van der Waals surface area contributed by atoms with Crippen LogP contribution in [0.1, 0.15) is 37.7 Å². The molecule has 0 aromatic heterocycles. The second-order valence-corrected chi connectivity index (χ2v) is 5.44. The number of benzene rings is 1. The number of para-hydroxylation sites is 1. The minimum Gasteiger partial charge on any atom is -0.359 e. The van der Waals surface area contributed by atoms with E-state index in [1.807, 2.05) is 24.3 Å². The van der Waals surface area contributed by atoms with E-state index in [4.69, 9.17) is 0 Å². The molecule has 1 saturated carbocycles. The molecule has 1 aromatic carbocycles. The number of hydrogen-bond donors (Lipinski definition) is 3. The number of rotatable bonds is 4. The molecule has 3 N–H and O–H groups in total. The van der Waals surface area contributed by atoms with Crippen molar-refractivity contribution in [3.8, 4) is 0 Å². The first-order valence-corrected chi connectivity index (χ1v) is 7.55. The van der Waals surface area contributed by atoms with Crippen molar-refractivity contribution in [2.75, 3.05) is 12.4 Å². The van der Waals surface area contributed by atoms with Gasteiger partial charge in [-0.15, -0.1) is 0 Å². The van der Waals surface area contributed by atoms with E-state index in [0.717, 1.165) is 18.4 Å². The fourth-order valence-electron chi connectivity index (χ4n) is 2.65. The second kappa shape index (κ2) is 7.67. The van der Waals surface area contributed by atoms with Crippen molar-refractivity contribution in [2.24, 2.45) is 0 Å². The molecule has 0 radical (unpaired) electrons. The Morgan fingerprint density at radius 1 is 1.14 bits per heavy atom. The first-order chi connectivity index (χ1) is 10.2. The van der Waals surface area contributed by atoms with E-state index in [-0.39, 0.29) is 24.4 Å². The third-order valence-corrected chi connectivity index (χ3v) is 3.84. The molecule has 0 aliphatic heterocycles. The topological polar surface area (TPSA) is 70.2 Å². The lowest BCUT2D eigenvalue weighted by atomic mass is 9.96. The van der Waals surface area contributed by atoms with Crippen LogP contribution in [-0.4, -0.2) is 25.0 Å². The molecule has 0 bridgehead atoms. The maximum absolute atomic E-state index is 12.1. The Kier molecular flexibility index (Phi) is 5.60. The largest absolute Gasteiger partial charge is 0.359 e. The number of amides is 3. The number of likely N-dealkylation sites (N-methyl/N-ethyl adjacent to an activating group) is 1. The van der Waals surface area contributed by atoms with Gasteiger partial charge in [-0.1, -0.05) is 37.5 Å². The Labute approximate surface area is 125 Å². The number of urea groups is 1. The van der Waals surface area contributed by atoms with Crippen LogP contribution < -0.4 is 16.0 Å². The molecule has 3 amide bonds. The predicted octanol–water partition coefficient (Wildman–Crippen LogP) is 2.43. The minimum absolute atomic E-state index is 0.0723. The average molecular weight is 289 g/mol. The van der Waals surface area contributed by atoms with Gasteiger partial charge in [0.25, 0.3) is 0 Å². The molecule has 0 heterocycles. The van der Waals surface area contributed by atoms with Crippen LogP contribution in [0.4, 0.5) is 10.5 Å². The van der Waals surface area contributed by atoms with Gasteiger partial charge in [0.2, 0.25) is 5.91 Å². The zero-order chi connectivity index (χ0) is 15.1. The molecule has 1 fully saturated rings. The van der Waals surface area contributed by atoms with Crippen LogP contribution in [0.15, 0.2) is 24.3 Å². The van der Waals surface area contributed by atoms with Gasteiger partial charge in [-0.05, 0) is 24.5 Å². The van der Waals surface area contributed by atoms with Gasteiger partial charge in [-0.25, -0.2) is 4.79 Å². The van der Waals surface area contributed by atoms with Gasteiger partial charge in [-0.3, -0.25) is 4.79 Å². The molecule has 1 aromatic rings. The summed E-state index contributed by atoms with van der Waals surface area (Å²) in [6.07, 6.45) is 5.97. The zero-order valence-corrected chi connectivity index (χ0v) is 12.4. The number of anilines is 1. The van der Waals surface area contributed by atoms with Crippen LogP contribution in [0.25, 0.3) is 0 Å². The molecule has 5 nitrogen and oxygen atoms in total. The Balaban J connectivity index is 1.94. The lowest BCUT2D eigenvalue weighted by molar-refractivity contribution is -0.119. The molecule has 0 atom stereocenters. The fourth-order valence-corrected chi connectivity index (χ4v) is 2.65. The van der Waals surface area contributed by atoms with E-state index in [2.05, 4.69) is 16.0 Å². The third-order valence-electron chi connectivity index (χ3n) is 3.84. The summed E-state index contributed by atoms with van der Waals surface area (Å²) in [5, 5.41) is 8.46. The SMILES string of the molecule is CNC(=O)Cc1ccccc1NC(=O)NC1CCCCC1. The molecule has 0 saturated heterocycles. The summed E-state index contributed by atoms with van der Waals surface area (Å²) in [5.74, 6) is -0.0723. The smallest absolute Gasteiger partial charge is 0.319 e. The van der Waals surface area contributed by atoms with Gasteiger partial charge in [0.15, 0.2) is 0 Å². The third kappa shape index (κ3) is 4.77. The Hall–Kier alpha value is -2.04. The molecule has 0 unspecified atom stereocenters. The molecule has 114 valence electrons. The van der Waals surface area contributed by atoms with E-state index >= 15 is 0 Å². The van der Waals surface area contributed by atoms with Gasteiger partial charge in [0, 0.05) is 18.8 Å². The molecule has 0 spiro atoms. The van der Waals surface area contributed by atoms with Crippen molar-refractivity contribution < 1.29 is 9.59 Å². The second-order valence-electron chi connectivity index (χ2n) is 5.44. The maximum Gasteiger partial charge on any atom is 0.319 e. The van der Waals surface area contributed by atoms with Crippen molar-refractivity contribution in [3.63, 3.8) is 0 Å². The lowest BCUT2D eigenvalue weighted by Crippen LogP contribution is -2.39. The highest BCUT2D eigenvalue weighted by atomic mass is 16.2. The molecule has 2 rings (SSSR count). The minimum atomic E-state index is -0.189. The summed E-state index contributed by atoms with van der Waals surface area (Å²) in [6.45, 7) is 0. The molecular weight excluding hydrogens is 266 g/mol. The normalized spacial score (nSPS) is 15.3. The van der Waals surface area contributed by atoms with Crippen LogP contribution in [-0.2, 0) is 11.2 Å². The van der Waals surface area contributed by atoms with Crippen LogP contribution in [0.3, 0.4) is 0 Å². The van der Waals surface area contributed by atoms with Crippen LogP contribution >= 0.6 is 0 Å². The van der Waals surface area contributed by atoms with Gasteiger partial charge < -0.3 is 16.0 Å². The summed E-state index contributed by atoms with van der Waals surface area (Å²) >= 11 is 0. The summed E-state index contributed by atoms with van der Waals surface area (Å²) in [5.41, 5.74) is 1.50. The zero-order valence-electron chi connectivity index (χ0n) is 12.4. The van der Waals surface area contributed by atoms with Crippen molar-refractivity contribution >= 4 is 17.6 Å². The molecule has 1 aliphatic carbocycles. The van der Waals surface area contributed by atoms with E-state index < -0.39 is 0 Å². The molecule has 1 aliphatic rings. The number of hydrogen-bond acceptors (Lipinski definition) is 2. The summed E-state index contributed by atoms with van der Waals surface area (Å²) in [6, 6.07) is 7.46. The lowest BCUT2D eigenvalue weighted by Gasteiger charge is -2.23. The molecule has 5 heteroatoms.